The van der Waals surface area contributed by atoms with E-state index in [-0.39, 0.29) is 5.03 Å². The molecule has 0 aliphatic carbocycles. The van der Waals surface area contributed by atoms with E-state index in [0.717, 1.165) is 25.9 Å². The van der Waals surface area contributed by atoms with E-state index in [9.17, 15) is 8.42 Å². The molecule has 0 radical (unpaired) electrons. The minimum atomic E-state index is -3.46. The molecule has 2 heterocycles. The van der Waals surface area contributed by atoms with Crippen LogP contribution in [0.4, 0.5) is 0 Å². The van der Waals surface area contributed by atoms with Gasteiger partial charge in [-0.3, -0.25) is 0 Å². The van der Waals surface area contributed by atoms with Gasteiger partial charge in [-0.25, -0.2) is 13.4 Å². The van der Waals surface area contributed by atoms with E-state index in [1.165, 1.54) is 10.6 Å². The Morgan fingerprint density at radius 1 is 1.58 bits per heavy atom. The van der Waals surface area contributed by atoms with Crippen LogP contribution in [0.25, 0.3) is 0 Å². The molecule has 1 aliphatic rings. The maximum atomic E-state index is 12.5. The lowest BCUT2D eigenvalue weighted by molar-refractivity contribution is 0.297. The number of aryl methyl sites for hydroxylation is 1. The van der Waals surface area contributed by atoms with E-state index >= 15 is 0 Å². The van der Waals surface area contributed by atoms with Crippen molar-refractivity contribution in [3.8, 4) is 0 Å². The standard InChI is InChI=1S/C12H22N4O2S/c1-3-16(8-11-5-4-6-13-7-11)19(17,18)12-9-15(2)10-14-12/h9-11,13H,3-8H2,1-2H3. The summed E-state index contributed by atoms with van der Waals surface area (Å²) in [6, 6.07) is 0. The summed E-state index contributed by atoms with van der Waals surface area (Å²) in [5.41, 5.74) is 0. The lowest BCUT2D eigenvalue weighted by Gasteiger charge is -2.28. The summed E-state index contributed by atoms with van der Waals surface area (Å²) in [7, 11) is -1.68. The third-order valence-corrected chi connectivity index (χ3v) is 5.33. The molecule has 19 heavy (non-hydrogen) atoms. The van der Waals surface area contributed by atoms with Crippen LogP contribution < -0.4 is 5.32 Å². The van der Waals surface area contributed by atoms with E-state index in [1.54, 1.807) is 17.8 Å². The summed E-state index contributed by atoms with van der Waals surface area (Å²) in [6.45, 7) is 4.86. The Bertz CT molecular complexity index is 506. The number of nitrogens with zero attached hydrogens (tertiary/aromatic N) is 3. The predicted octanol–water partition coefficient (Wildman–Crippen LogP) is 0.430. The lowest BCUT2D eigenvalue weighted by Crippen LogP contribution is -2.41. The number of rotatable bonds is 5. The van der Waals surface area contributed by atoms with Gasteiger partial charge in [-0.15, -0.1) is 0 Å². The van der Waals surface area contributed by atoms with Crippen LogP contribution in [0.1, 0.15) is 19.8 Å². The first-order valence-electron chi connectivity index (χ1n) is 6.73. The van der Waals surface area contributed by atoms with Gasteiger partial charge in [-0.2, -0.15) is 4.31 Å². The Labute approximate surface area is 114 Å². The van der Waals surface area contributed by atoms with Gasteiger partial charge in [0.15, 0.2) is 5.03 Å². The largest absolute Gasteiger partial charge is 0.339 e. The van der Waals surface area contributed by atoms with Crippen LogP contribution in [0.3, 0.4) is 0 Å². The highest BCUT2D eigenvalue weighted by Gasteiger charge is 2.28. The Morgan fingerprint density at radius 2 is 2.37 bits per heavy atom. The van der Waals surface area contributed by atoms with Gasteiger partial charge >= 0.3 is 0 Å². The number of nitrogens with one attached hydrogen (secondary N) is 1. The molecule has 7 heteroatoms. The number of hydrogen-bond donors (Lipinski definition) is 1. The Balaban J connectivity index is 2.11. The molecule has 1 unspecified atom stereocenters. The summed E-state index contributed by atoms with van der Waals surface area (Å²) < 4.78 is 28.2. The van der Waals surface area contributed by atoms with Gasteiger partial charge in [0, 0.05) is 26.3 Å². The zero-order chi connectivity index (χ0) is 13.9. The molecule has 2 rings (SSSR count). The Kier molecular flexibility index (Phi) is 4.59. The van der Waals surface area contributed by atoms with Crippen LogP contribution in [0.5, 0.6) is 0 Å². The second-order valence-corrected chi connectivity index (χ2v) is 6.93. The predicted molar refractivity (Wildman–Crippen MR) is 73.2 cm³/mol. The number of sulfonamides is 1. The maximum Gasteiger partial charge on any atom is 0.262 e. The topological polar surface area (TPSA) is 67.2 Å². The molecule has 0 spiro atoms. The third kappa shape index (κ3) is 3.34. The first-order valence-corrected chi connectivity index (χ1v) is 8.17. The van der Waals surface area contributed by atoms with Crippen molar-refractivity contribution in [1.82, 2.24) is 19.2 Å². The van der Waals surface area contributed by atoms with Crippen molar-refractivity contribution >= 4 is 10.0 Å². The Morgan fingerprint density at radius 3 is 2.89 bits per heavy atom. The fourth-order valence-corrected chi connectivity index (χ4v) is 3.91. The zero-order valence-corrected chi connectivity index (χ0v) is 12.4. The van der Waals surface area contributed by atoms with Crippen molar-refractivity contribution in [1.29, 1.82) is 0 Å². The van der Waals surface area contributed by atoms with Crippen LogP contribution in [0.2, 0.25) is 0 Å². The van der Waals surface area contributed by atoms with Gasteiger partial charge in [0.05, 0.1) is 6.33 Å². The SMILES string of the molecule is CCN(CC1CCCNC1)S(=O)(=O)c1cn(C)cn1. The van der Waals surface area contributed by atoms with Gasteiger partial charge in [0.1, 0.15) is 0 Å². The molecular weight excluding hydrogens is 264 g/mol. The summed E-state index contributed by atoms with van der Waals surface area (Å²) >= 11 is 0. The van der Waals surface area contributed by atoms with Crippen molar-refractivity contribution < 1.29 is 8.42 Å². The van der Waals surface area contributed by atoms with Crippen LogP contribution in [-0.2, 0) is 17.1 Å². The summed E-state index contributed by atoms with van der Waals surface area (Å²) in [4.78, 5) is 3.97. The average Bonchev–Trinajstić information content (AvgIpc) is 2.84. The number of piperidine rings is 1. The molecule has 1 aromatic rings. The molecule has 0 amide bonds. The van der Waals surface area contributed by atoms with Gasteiger partial charge < -0.3 is 9.88 Å². The number of imidazole rings is 1. The molecule has 0 bridgehead atoms. The summed E-state index contributed by atoms with van der Waals surface area (Å²) in [5, 5.41) is 3.46. The molecule has 0 aromatic carbocycles. The molecule has 108 valence electrons. The van der Waals surface area contributed by atoms with Gasteiger partial charge in [0.25, 0.3) is 10.0 Å². The van der Waals surface area contributed by atoms with Crippen molar-refractivity contribution in [2.24, 2.45) is 13.0 Å². The summed E-state index contributed by atoms with van der Waals surface area (Å²) in [5.74, 6) is 0.396. The van der Waals surface area contributed by atoms with E-state index in [4.69, 9.17) is 0 Å². The first kappa shape index (κ1) is 14.5. The van der Waals surface area contributed by atoms with E-state index in [0.29, 0.717) is 19.0 Å². The minimum Gasteiger partial charge on any atom is -0.339 e. The maximum absolute atomic E-state index is 12.5. The second kappa shape index (κ2) is 6.02. The number of hydrogen-bond acceptors (Lipinski definition) is 4. The van der Waals surface area contributed by atoms with Gasteiger partial charge in [-0.05, 0) is 31.8 Å². The molecule has 1 N–H and O–H groups in total. The minimum absolute atomic E-state index is 0.139. The second-order valence-electron chi connectivity index (χ2n) is 5.05. The number of aromatic nitrogens is 2. The van der Waals surface area contributed by atoms with Crippen LogP contribution in [0, 0.1) is 5.92 Å². The monoisotopic (exact) mass is 286 g/mol. The van der Waals surface area contributed by atoms with Crippen LogP contribution >= 0.6 is 0 Å². The molecular formula is C12H22N4O2S. The smallest absolute Gasteiger partial charge is 0.262 e. The highest BCUT2D eigenvalue weighted by molar-refractivity contribution is 7.89. The molecule has 1 aromatic heterocycles. The normalized spacial score (nSPS) is 20.9. The van der Waals surface area contributed by atoms with Crippen molar-refractivity contribution in [3.63, 3.8) is 0 Å². The molecule has 1 aliphatic heterocycles. The lowest BCUT2D eigenvalue weighted by atomic mass is 10.00. The summed E-state index contributed by atoms with van der Waals surface area (Å²) in [6.07, 6.45) is 5.27. The molecule has 1 fully saturated rings. The van der Waals surface area contributed by atoms with Crippen LogP contribution in [0.15, 0.2) is 17.6 Å². The fraction of sp³-hybridized carbons (Fsp3) is 0.750. The van der Waals surface area contributed by atoms with Gasteiger partial charge in [-0.1, -0.05) is 6.92 Å². The third-order valence-electron chi connectivity index (χ3n) is 3.50. The zero-order valence-electron chi connectivity index (χ0n) is 11.5. The van der Waals surface area contributed by atoms with Crippen molar-refractivity contribution in [2.45, 2.75) is 24.8 Å². The van der Waals surface area contributed by atoms with E-state index in [1.807, 2.05) is 6.92 Å². The van der Waals surface area contributed by atoms with Crippen molar-refractivity contribution in [3.05, 3.63) is 12.5 Å². The quantitative estimate of drug-likeness (QED) is 0.852. The van der Waals surface area contributed by atoms with E-state index in [2.05, 4.69) is 10.3 Å². The van der Waals surface area contributed by atoms with Crippen molar-refractivity contribution in [2.75, 3.05) is 26.2 Å². The van der Waals surface area contributed by atoms with Gasteiger partial charge in [0.2, 0.25) is 0 Å². The molecule has 6 nitrogen and oxygen atoms in total. The first-order chi connectivity index (χ1) is 9.04. The highest BCUT2D eigenvalue weighted by atomic mass is 32.2. The molecule has 1 atom stereocenters. The average molecular weight is 286 g/mol. The Hall–Kier alpha value is -0.920. The van der Waals surface area contributed by atoms with Crippen LogP contribution in [-0.4, -0.2) is 48.5 Å². The highest BCUT2D eigenvalue weighted by Crippen LogP contribution is 2.18. The molecule has 1 saturated heterocycles. The fourth-order valence-electron chi connectivity index (χ4n) is 2.42. The molecule has 0 saturated carbocycles. The van der Waals surface area contributed by atoms with E-state index < -0.39 is 10.0 Å².